The lowest BCUT2D eigenvalue weighted by Crippen LogP contribution is -2.59. The van der Waals surface area contributed by atoms with Gasteiger partial charge in [-0.1, -0.05) is 0 Å². The molecule has 4 aliphatic rings. The molecule has 4 aliphatic heterocycles. The van der Waals surface area contributed by atoms with Crippen molar-refractivity contribution in [3.05, 3.63) is 0 Å². The number of rotatable bonds is 3. The Bertz CT molecular complexity index is 354. The van der Waals surface area contributed by atoms with Crippen molar-refractivity contribution in [2.75, 3.05) is 45.8 Å². The van der Waals surface area contributed by atoms with E-state index in [1.807, 2.05) is 0 Å². The molecule has 0 radical (unpaired) electrons. The maximum atomic E-state index is 6.32. The SMILES string of the molecule is NCC1(N2CCC(N3CCCC3)C2)CCN2CCCC21. The molecule has 4 heterocycles. The average Bonchev–Trinajstić information content (AvgIpc) is 3.22. The second kappa shape index (κ2) is 5.24. The van der Waals surface area contributed by atoms with Crippen molar-refractivity contribution in [1.82, 2.24) is 14.7 Å². The van der Waals surface area contributed by atoms with Gasteiger partial charge < -0.3 is 5.73 Å². The fraction of sp³-hybridized carbons (Fsp3) is 1.00. The molecule has 4 nitrogen and oxygen atoms in total. The van der Waals surface area contributed by atoms with Crippen LogP contribution in [-0.2, 0) is 0 Å². The normalized spacial score (nSPS) is 43.6. The van der Waals surface area contributed by atoms with E-state index in [1.165, 1.54) is 77.8 Å². The van der Waals surface area contributed by atoms with E-state index >= 15 is 0 Å². The molecule has 2 N–H and O–H groups in total. The van der Waals surface area contributed by atoms with E-state index in [0.717, 1.165) is 18.6 Å². The van der Waals surface area contributed by atoms with Crippen LogP contribution in [0.3, 0.4) is 0 Å². The van der Waals surface area contributed by atoms with Gasteiger partial charge in [0.25, 0.3) is 0 Å². The fourth-order valence-corrected chi connectivity index (χ4v) is 5.49. The zero-order chi connectivity index (χ0) is 13.6. The highest BCUT2D eigenvalue weighted by atomic mass is 15.4. The first-order valence-electron chi connectivity index (χ1n) is 8.77. The highest BCUT2D eigenvalue weighted by Crippen LogP contribution is 2.41. The van der Waals surface area contributed by atoms with Crippen molar-refractivity contribution in [3.8, 4) is 0 Å². The van der Waals surface area contributed by atoms with Gasteiger partial charge in [0.2, 0.25) is 0 Å². The second-order valence-electron chi connectivity index (χ2n) is 7.38. The van der Waals surface area contributed by atoms with Crippen LogP contribution in [0.15, 0.2) is 0 Å². The number of hydrogen-bond acceptors (Lipinski definition) is 4. The Hall–Kier alpha value is -0.160. The molecular weight excluding hydrogens is 248 g/mol. The Kier molecular flexibility index (Phi) is 3.53. The third-order valence-electron chi connectivity index (χ3n) is 6.62. The number of nitrogens with zero attached hydrogens (tertiary/aromatic N) is 3. The zero-order valence-corrected chi connectivity index (χ0v) is 12.8. The van der Waals surface area contributed by atoms with Crippen molar-refractivity contribution in [3.63, 3.8) is 0 Å². The molecule has 4 heteroatoms. The van der Waals surface area contributed by atoms with Gasteiger partial charge in [0.1, 0.15) is 0 Å². The zero-order valence-electron chi connectivity index (χ0n) is 12.8. The lowest BCUT2D eigenvalue weighted by molar-refractivity contribution is 0.0803. The standard InChI is InChI=1S/C16H30N4/c17-13-16(6-11-19-9-3-4-15(16)19)20-10-5-14(12-20)18-7-1-2-8-18/h14-15H,1-13,17H2. The molecule has 114 valence electrons. The van der Waals surface area contributed by atoms with E-state index in [-0.39, 0.29) is 0 Å². The molecule has 0 aromatic carbocycles. The van der Waals surface area contributed by atoms with Crippen molar-refractivity contribution in [2.24, 2.45) is 5.73 Å². The van der Waals surface area contributed by atoms with Crippen LogP contribution >= 0.6 is 0 Å². The maximum absolute atomic E-state index is 6.32. The summed E-state index contributed by atoms with van der Waals surface area (Å²) in [7, 11) is 0. The van der Waals surface area contributed by atoms with Gasteiger partial charge in [-0.15, -0.1) is 0 Å². The summed E-state index contributed by atoms with van der Waals surface area (Å²) in [6.07, 6.45) is 8.26. The highest BCUT2D eigenvalue weighted by Gasteiger charge is 2.53. The van der Waals surface area contributed by atoms with Crippen LogP contribution in [0.4, 0.5) is 0 Å². The summed E-state index contributed by atoms with van der Waals surface area (Å²) in [5, 5.41) is 0. The third kappa shape index (κ3) is 1.96. The Morgan fingerprint density at radius 1 is 0.900 bits per heavy atom. The van der Waals surface area contributed by atoms with Crippen LogP contribution in [-0.4, -0.2) is 78.1 Å². The van der Waals surface area contributed by atoms with Crippen molar-refractivity contribution in [2.45, 2.75) is 56.1 Å². The quantitative estimate of drug-likeness (QED) is 0.825. The van der Waals surface area contributed by atoms with Crippen molar-refractivity contribution in [1.29, 1.82) is 0 Å². The molecule has 3 atom stereocenters. The van der Waals surface area contributed by atoms with Gasteiger partial charge in [0, 0.05) is 43.8 Å². The third-order valence-corrected chi connectivity index (χ3v) is 6.62. The van der Waals surface area contributed by atoms with E-state index in [9.17, 15) is 0 Å². The number of hydrogen-bond donors (Lipinski definition) is 1. The van der Waals surface area contributed by atoms with Gasteiger partial charge in [-0.2, -0.15) is 0 Å². The summed E-state index contributed by atoms with van der Waals surface area (Å²) in [5.41, 5.74) is 6.63. The lowest BCUT2D eigenvalue weighted by Gasteiger charge is -2.43. The predicted octanol–water partition coefficient (Wildman–Crippen LogP) is 0.722. The summed E-state index contributed by atoms with van der Waals surface area (Å²) in [4.78, 5) is 8.26. The van der Waals surface area contributed by atoms with Crippen molar-refractivity contribution >= 4 is 0 Å². The van der Waals surface area contributed by atoms with Crippen LogP contribution in [0.25, 0.3) is 0 Å². The smallest absolute Gasteiger partial charge is 0.0499 e. The maximum Gasteiger partial charge on any atom is 0.0499 e. The van der Waals surface area contributed by atoms with Crippen LogP contribution in [0, 0.1) is 0 Å². The van der Waals surface area contributed by atoms with E-state index < -0.39 is 0 Å². The monoisotopic (exact) mass is 278 g/mol. The summed E-state index contributed by atoms with van der Waals surface area (Å²) in [6, 6.07) is 1.57. The summed E-state index contributed by atoms with van der Waals surface area (Å²) in [6.45, 7) is 8.70. The van der Waals surface area contributed by atoms with E-state index in [1.54, 1.807) is 0 Å². The number of fused-ring (bicyclic) bond motifs is 1. The second-order valence-corrected chi connectivity index (χ2v) is 7.38. The molecule has 0 bridgehead atoms. The first-order valence-corrected chi connectivity index (χ1v) is 8.77. The highest BCUT2D eigenvalue weighted by molar-refractivity contribution is 5.11. The molecule has 4 fully saturated rings. The van der Waals surface area contributed by atoms with Gasteiger partial charge in [-0.3, -0.25) is 14.7 Å². The first-order chi connectivity index (χ1) is 9.83. The Labute approximate surface area is 123 Å². The average molecular weight is 278 g/mol. The minimum atomic E-state index is 0.310. The Morgan fingerprint density at radius 2 is 1.70 bits per heavy atom. The topological polar surface area (TPSA) is 35.7 Å². The number of likely N-dealkylation sites (tertiary alicyclic amines) is 2. The van der Waals surface area contributed by atoms with Crippen molar-refractivity contribution < 1.29 is 0 Å². The Balaban J connectivity index is 1.48. The van der Waals surface area contributed by atoms with E-state index in [2.05, 4.69) is 14.7 Å². The van der Waals surface area contributed by atoms with Gasteiger partial charge in [-0.05, 0) is 58.2 Å². The van der Waals surface area contributed by atoms with Crippen LogP contribution in [0.1, 0.15) is 38.5 Å². The summed E-state index contributed by atoms with van der Waals surface area (Å²) in [5.74, 6) is 0. The lowest BCUT2D eigenvalue weighted by atomic mass is 9.87. The molecule has 0 aromatic heterocycles. The molecular formula is C16H30N4. The molecule has 0 saturated carbocycles. The van der Waals surface area contributed by atoms with Gasteiger partial charge in [0.05, 0.1) is 0 Å². The molecule has 0 amide bonds. The molecule has 20 heavy (non-hydrogen) atoms. The van der Waals surface area contributed by atoms with E-state index in [4.69, 9.17) is 5.73 Å². The van der Waals surface area contributed by atoms with Gasteiger partial charge >= 0.3 is 0 Å². The van der Waals surface area contributed by atoms with Crippen LogP contribution in [0.5, 0.6) is 0 Å². The summed E-state index contributed by atoms with van der Waals surface area (Å²) >= 11 is 0. The molecule has 0 aromatic rings. The predicted molar refractivity (Wildman–Crippen MR) is 81.8 cm³/mol. The van der Waals surface area contributed by atoms with Crippen LogP contribution < -0.4 is 5.73 Å². The molecule has 0 aliphatic carbocycles. The first kappa shape index (κ1) is 13.5. The molecule has 4 rings (SSSR count). The molecule has 4 saturated heterocycles. The van der Waals surface area contributed by atoms with Gasteiger partial charge in [0.15, 0.2) is 0 Å². The number of nitrogens with two attached hydrogens (primary N) is 1. The molecule has 0 spiro atoms. The fourth-order valence-electron chi connectivity index (χ4n) is 5.49. The largest absolute Gasteiger partial charge is 0.329 e. The minimum absolute atomic E-state index is 0.310. The molecule has 3 unspecified atom stereocenters. The minimum Gasteiger partial charge on any atom is -0.329 e. The van der Waals surface area contributed by atoms with E-state index in [0.29, 0.717) is 5.54 Å². The Morgan fingerprint density at radius 3 is 2.50 bits per heavy atom. The van der Waals surface area contributed by atoms with Gasteiger partial charge in [-0.25, -0.2) is 0 Å². The van der Waals surface area contributed by atoms with Crippen LogP contribution in [0.2, 0.25) is 0 Å². The summed E-state index contributed by atoms with van der Waals surface area (Å²) < 4.78 is 0.